The van der Waals surface area contributed by atoms with E-state index in [1.54, 1.807) is 6.07 Å². The fourth-order valence-corrected chi connectivity index (χ4v) is 3.94. The summed E-state index contributed by atoms with van der Waals surface area (Å²) in [4.78, 5) is 38.3. The monoisotopic (exact) mass is 459 g/mol. The number of nitrogens with one attached hydrogen (secondary N) is 2. The quantitative estimate of drug-likeness (QED) is 0.644. The number of phenols is 1. The number of aromatic hydroxyl groups is 1. The molecule has 9 nitrogen and oxygen atoms in total. The van der Waals surface area contributed by atoms with Crippen molar-refractivity contribution in [3.63, 3.8) is 0 Å². The van der Waals surface area contributed by atoms with Crippen molar-refractivity contribution in [2.45, 2.75) is 37.5 Å². The molecule has 3 rings (SSSR count). The van der Waals surface area contributed by atoms with Gasteiger partial charge in [-0.25, -0.2) is 13.2 Å². The number of rotatable bonds is 4. The first kappa shape index (κ1) is 23.3. The zero-order valence-corrected chi connectivity index (χ0v) is 19.0. The van der Waals surface area contributed by atoms with E-state index in [1.165, 1.54) is 35.2 Å². The second-order valence-corrected chi connectivity index (χ2v) is 10.7. The Morgan fingerprint density at radius 2 is 1.75 bits per heavy atom. The number of sulfone groups is 1. The third-order valence-electron chi connectivity index (χ3n) is 5.05. The number of benzene rings is 2. The molecule has 0 spiro atoms. The third-order valence-corrected chi connectivity index (χ3v) is 6.18. The summed E-state index contributed by atoms with van der Waals surface area (Å²) < 4.78 is 23.2. The van der Waals surface area contributed by atoms with E-state index in [2.05, 4.69) is 10.6 Å². The fourth-order valence-electron chi connectivity index (χ4n) is 3.31. The van der Waals surface area contributed by atoms with Crippen LogP contribution >= 0.6 is 0 Å². The van der Waals surface area contributed by atoms with Gasteiger partial charge in [0, 0.05) is 36.2 Å². The Bertz CT molecular complexity index is 1200. The molecule has 32 heavy (non-hydrogen) atoms. The number of nitrogens with zero attached hydrogens (tertiary/aromatic N) is 1. The summed E-state index contributed by atoms with van der Waals surface area (Å²) in [5.41, 5.74) is 0.566. The lowest BCUT2D eigenvalue weighted by atomic mass is 9.84. The van der Waals surface area contributed by atoms with Crippen LogP contribution in [-0.2, 0) is 20.0 Å². The van der Waals surface area contributed by atoms with Gasteiger partial charge in [-0.05, 0) is 41.8 Å². The molecule has 1 fully saturated rings. The number of urea groups is 1. The van der Waals surface area contributed by atoms with E-state index in [1.807, 2.05) is 20.8 Å². The number of hydrogen-bond acceptors (Lipinski definition) is 6. The van der Waals surface area contributed by atoms with Gasteiger partial charge in [0.2, 0.25) is 5.91 Å². The number of hydrogen-bond donors (Lipinski definition) is 3. The summed E-state index contributed by atoms with van der Waals surface area (Å²) in [5, 5.41) is 15.7. The highest BCUT2D eigenvalue weighted by molar-refractivity contribution is 7.90. The SMILES string of the molecule is CC(C)(C)c1cc(N2CCC(=O)NC2=O)cc(C(=O)Nc2ccc(S(C)(=O)=O)cc2)c1O. The van der Waals surface area contributed by atoms with Crippen molar-refractivity contribution in [2.75, 3.05) is 23.0 Å². The highest BCUT2D eigenvalue weighted by atomic mass is 32.2. The molecule has 1 heterocycles. The van der Waals surface area contributed by atoms with Crippen LogP contribution in [-0.4, -0.2) is 44.2 Å². The molecular formula is C22H25N3O6S. The summed E-state index contributed by atoms with van der Waals surface area (Å²) in [5.74, 6) is -1.23. The molecule has 10 heteroatoms. The second-order valence-electron chi connectivity index (χ2n) is 8.65. The van der Waals surface area contributed by atoms with Crippen molar-refractivity contribution in [2.24, 2.45) is 0 Å². The predicted octanol–water partition coefficient (Wildman–Crippen LogP) is 2.79. The Morgan fingerprint density at radius 3 is 2.28 bits per heavy atom. The molecule has 0 saturated carbocycles. The number of anilines is 2. The number of phenolic OH excluding ortho intramolecular Hbond substituents is 1. The highest BCUT2D eigenvalue weighted by Crippen LogP contribution is 2.37. The van der Waals surface area contributed by atoms with Gasteiger partial charge >= 0.3 is 6.03 Å². The maximum absolute atomic E-state index is 13.0. The van der Waals surface area contributed by atoms with Gasteiger partial charge in [0.1, 0.15) is 5.75 Å². The van der Waals surface area contributed by atoms with Gasteiger partial charge in [-0.1, -0.05) is 20.8 Å². The third kappa shape index (κ3) is 4.91. The topological polar surface area (TPSA) is 133 Å². The average Bonchev–Trinajstić information content (AvgIpc) is 2.67. The first-order valence-electron chi connectivity index (χ1n) is 9.87. The molecular weight excluding hydrogens is 434 g/mol. The highest BCUT2D eigenvalue weighted by Gasteiger charge is 2.29. The van der Waals surface area contributed by atoms with Crippen LogP contribution in [0.25, 0.3) is 0 Å². The van der Waals surface area contributed by atoms with Crippen LogP contribution in [0.1, 0.15) is 43.1 Å². The first-order valence-corrected chi connectivity index (χ1v) is 11.8. The van der Waals surface area contributed by atoms with E-state index in [4.69, 9.17) is 0 Å². The van der Waals surface area contributed by atoms with Crippen molar-refractivity contribution in [3.8, 4) is 5.75 Å². The van der Waals surface area contributed by atoms with Crippen LogP contribution < -0.4 is 15.5 Å². The normalized spacial score (nSPS) is 14.8. The van der Waals surface area contributed by atoms with Crippen LogP contribution in [0.4, 0.5) is 16.2 Å². The van der Waals surface area contributed by atoms with E-state index < -0.39 is 27.2 Å². The zero-order valence-electron chi connectivity index (χ0n) is 18.2. The van der Waals surface area contributed by atoms with Gasteiger partial charge in [0.25, 0.3) is 5.91 Å². The smallest absolute Gasteiger partial charge is 0.328 e. The Labute approximate surface area is 186 Å². The van der Waals surface area contributed by atoms with Gasteiger partial charge < -0.3 is 10.4 Å². The van der Waals surface area contributed by atoms with E-state index in [0.29, 0.717) is 16.9 Å². The molecule has 2 aromatic rings. The molecule has 0 atom stereocenters. The van der Waals surface area contributed by atoms with E-state index in [-0.39, 0.29) is 35.1 Å². The lowest BCUT2D eigenvalue weighted by molar-refractivity contribution is -0.120. The molecule has 2 aromatic carbocycles. The molecule has 0 bridgehead atoms. The van der Waals surface area contributed by atoms with Crippen LogP contribution in [0, 0.1) is 0 Å². The van der Waals surface area contributed by atoms with Gasteiger partial charge in [0.15, 0.2) is 9.84 Å². The number of carbonyl (C=O) groups excluding carboxylic acids is 3. The maximum atomic E-state index is 13.0. The van der Waals surface area contributed by atoms with Crippen molar-refractivity contribution in [3.05, 3.63) is 47.5 Å². The summed E-state index contributed by atoms with van der Waals surface area (Å²) >= 11 is 0. The Hall–Kier alpha value is -3.40. The summed E-state index contributed by atoms with van der Waals surface area (Å²) in [6.45, 7) is 5.72. The van der Waals surface area contributed by atoms with Crippen molar-refractivity contribution in [1.82, 2.24) is 5.32 Å². The number of imide groups is 1. The maximum Gasteiger partial charge on any atom is 0.328 e. The molecule has 0 aromatic heterocycles. The van der Waals surface area contributed by atoms with Crippen molar-refractivity contribution >= 4 is 39.1 Å². The largest absolute Gasteiger partial charge is 0.507 e. The van der Waals surface area contributed by atoms with E-state index in [0.717, 1.165) is 6.26 Å². The van der Waals surface area contributed by atoms with Crippen LogP contribution in [0.5, 0.6) is 5.75 Å². The molecule has 1 saturated heterocycles. The van der Waals surface area contributed by atoms with E-state index >= 15 is 0 Å². The minimum absolute atomic E-state index is 0.0516. The average molecular weight is 460 g/mol. The number of carbonyl (C=O) groups is 3. The lowest BCUT2D eigenvalue weighted by Gasteiger charge is -2.29. The summed E-state index contributed by atoms with van der Waals surface area (Å²) in [6.07, 6.45) is 1.20. The summed E-state index contributed by atoms with van der Waals surface area (Å²) in [6, 6.07) is 8.05. The van der Waals surface area contributed by atoms with Crippen LogP contribution in [0.3, 0.4) is 0 Å². The lowest BCUT2D eigenvalue weighted by Crippen LogP contribution is -2.49. The van der Waals surface area contributed by atoms with Gasteiger partial charge in [-0.2, -0.15) is 0 Å². The minimum Gasteiger partial charge on any atom is -0.507 e. The first-order chi connectivity index (χ1) is 14.8. The predicted molar refractivity (Wildman–Crippen MR) is 120 cm³/mol. The second kappa shape index (κ2) is 8.27. The summed E-state index contributed by atoms with van der Waals surface area (Å²) in [7, 11) is -3.38. The van der Waals surface area contributed by atoms with Crippen LogP contribution in [0.15, 0.2) is 41.3 Å². The van der Waals surface area contributed by atoms with E-state index in [9.17, 15) is 27.9 Å². The van der Waals surface area contributed by atoms with Crippen molar-refractivity contribution in [1.29, 1.82) is 0 Å². The van der Waals surface area contributed by atoms with Gasteiger partial charge in [0.05, 0.1) is 10.5 Å². The standard InChI is InChI=1S/C22H25N3O6S/c1-22(2,3)17-12-14(25-10-9-18(26)24-21(25)29)11-16(19(17)27)20(28)23-13-5-7-15(8-6-13)32(4,30)31/h5-8,11-12,27H,9-10H2,1-4H3,(H,23,28)(H,24,26,29). The molecule has 170 valence electrons. The Balaban J connectivity index is 2.00. The molecule has 0 radical (unpaired) electrons. The van der Waals surface area contributed by atoms with Gasteiger partial charge in [-0.3, -0.25) is 19.8 Å². The molecule has 0 aliphatic carbocycles. The molecule has 4 amide bonds. The minimum atomic E-state index is -3.38. The zero-order chi connectivity index (χ0) is 23.8. The molecule has 0 unspecified atom stereocenters. The molecule has 1 aliphatic heterocycles. The Kier molecular flexibility index (Phi) is 6.01. The van der Waals surface area contributed by atoms with Crippen molar-refractivity contribution < 1.29 is 27.9 Å². The Morgan fingerprint density at radius 1 is 1.12 bits per heavy atom. The fraction of sp³-hybridized carbons (Fsp3) is 0.318. The van der Waals surface area contributed by atoms with Gasteiger partial charge in [-0.15, -0.1) is 0 Å². The number of amides is 4. The van der Waals surface area contributed by atoms with Crippen LogP contribution in [0.2, 0.25) is 0 Å². The molecule has 1 aliphatic rings. The molecule has 3 N–H and O–H groups in total.